The van der Waals surface area contributed by atoms with Crippen molar-refractivity contribution in [3.8, 4) is 0 Å². The molecule has 1 fully saturated rings. The van der Waals surface area contributed by atoms with Gasteiger partial charge in [-0.15, -0.1) is 0 Å². The Labute approximate surface area is 156 Å². The first-order valence-electron chi connectivity index (χ1n) is 9.14. The number of nitrogens with one attached hydrogen (secondary N) is 2. The van der Waals surface area contributed by atoms with Crippen LogP contribution in [0.25, 0.3) is 5.57 Å². The Bertz CT molecular complexity index is 918. The second-order valence-corrected chi connectivity index (χ2v) is 7.18. The molecule has 4 rings (SSSR count). The van der Waals surface area contributed by atoms with E-state index in [4.69, 9.17) is 0 Å². The van der Waals surface area contributed by atoms with Gasteiger partial charge in [-0.25, -0.2) is 8.78 Å². The fourth-order valence-electron chi connectivity index (χ4n) is 3.56. The highest BCUT2D eigenvalue weighted by molar-refractivity contribution is 6.31. The van der Waals surface area contributed by atoms with Gasteiger partial charge < -0.3 is 15.5 Å². The van der Waals surface area contributed by atoms with Crippen LogP contribution in [0.3, 0.4) is 0 Å². The Balaban J connectivity index is 1.52. The molecular formula is C21H21F2N3O. The van der Waals surface area contributed by atoms with Gasteiger partial charge >= 0.3 is 0 Å². The molecule has 0 atom stereocenters. The monoisotopic (exact) mass is 369 g/mol. The third-order valence-corrected chi connectivity index (χ3v) is 5.22. The number of rotatable bonds is 3. The van der Waals surface area contributed by atoms with Crippen molar-refractivity contribution in [1.82, 2.24) is 0 Å². The van der Waals surface area contributed by atoms with Gasteiger partial charge in [-0.2, -0.15) is 0 Å². The molecule has 6 heteroatoms. The summed E-state index contributed by atoms with van der Waals surface area (Å²) in [5, 5.41) is 5.63. The molecule has 2 aromatic rings. The zero-order valence-electron chi connectivity index (χ0n) is 15.1. The summed E-state index contributed by atoms with van der Waals surface area (Å²) in [4.78, 5) is 14.2. The van der Waals surface area contributed by atoms with Gasteiger partial charge in [-0.05, 0) is 55.2 Å². The lowest BCUT2D eigenvalue weighted by Crippen LogP contribution is -2.33. The van der Waals surface area contributed by atoms with E-state index in [1.54, 1.807) is 12.1 Å². The maximum absolute atomic E-state index is 14.6. The first kappa shape index (κ1) is 17.5. The van der Waals surface area contributed by atoms with E-state index in [9.17, 15) is 13.6 Å². The number of piperidine rings is 1. The molecule has 1 amide bonds. The van der Waals surface area contributed by atoms with Crippen LogP contribution < -0.4 is 15.5 Å². The van der Waals surface area contributed by atoms with E-state index in [0.717, 1.165) is 25.9 Å². The molecule has 1 saturated heterocycles. The molecule has 2 aliphatic heterocycles. The lowest BCUT2D eigenvalue weighted by molar-refractivity contribution is -0.110. The maximum atomic E-state index is 14.6. The smallest absolute Gasteiger partial charge is 0.257 e. The highest BCUT2D eigenvalue weighted by Crippen LogP contribution is 2.32. The molecular weight excluding hydrogens is 348 g/mol. The van der Waals surface area contributed by atoms with Gasteiger partial charge in [0, 0.05) is 36.2 Å². The van der Waals surface area contributed by atoms with Crippen molar-refractivity contribution in [2.24, 2.45) is 5.92 Å². The number of carbonyl (C=O) groups is 1. The molecule has 0 aliphatic carbocycles. The standard InChI is InChI=1S/C21H21F2N3O/c1-13-6-8-26(9-7-13)20-5-3-15(11-18(20)23)24-12-17-16-10-14(22)2-4-19(16)25-21(17)27/h2-5,10-13,24H,6-9H2,1H3,(H,25,27). The van der Waals surface area contributed by atoms with Gasteiger partial charge in [0.05, 0.1) is 11.3 Å². The number of nitrogens with zero attached hydrogens (tertiary/aromatic N) is 1. The van der Waals surface area contributed by atoms with Crippen molar-refractivity contribution in [3.05, 3.63) is 59.8 Å². The summed E-state index contributed by atoms with van der Waals surface area (Å²) in [5.74, 6) is -0.345. The molecule has 0 spiro atoms. The van der Waals surface area contributed by atoms with Gasteiger partial charge in [-0.1, -0.05) is 6.92 Å². The third kappa shape index (κ3) is 3.52. The third-order valence-electron chi connectivity index (χ3n) is 5.22. The normalized spacial score (nSPS) is 18.6. The second-order valence-electron chi connectivity index (χ2n) is 7.18. The zero-order chi connectivity index (χ0) is 19.0. The maximum Gasteiger partial charge on any atom is 0.257 e. The van der Waals surface area contributed by atoms with E-state index in [1.165, 1.54) is 30.5 Å². The number of fused-ring (bicyclic) bond motifs is 1. The van der Waals surface area contributed by atoms with Gasteiger partial charge in [0.2, 0.25) is 0 Å². The van der Waals surface area contributed by atoms with Crippen LogP contribution in [0, 0.1) is 17.6 Å². The number of benzene rings is 2. The van der Waals surface area contributed by atoms with Gasteiger partial charge in [-0.3, -0.25) is 4.79 Å². The minimum absolute atomic E-state index is 0.296. The molecule has 0 unspecified atom stereocenters. The summed E-state index contributed by atoms with van der Waals surface area (Å²) < 4.78 is 28.1. The lowest BCUT2D eigenvalue weighted by atomic mass is 9.99. The predicted octanol–water partition coefficient (Wildman–Crippen LogP) is 4.61. The summed E-state index contributed by atoms with van der Waals surface area (Å²) in [6.07, 6.45) is 3.62. The minimum atomic E-state index is -0.414. The molecule has 4 nitrogen and oxygen atoms in total. The van der Waals surface area contributed by atoms with E-state index in [-0.39, 0.29) is 11.7 Å². The molecule has 140 valence electrons. The van der Waals surface area contributed by atoms with Crippen molar-refractivity contribution in [3.63, 3.8) is 0 Å². The minimum Gasteiger partial charge on any atom is -0.369 e. The topological polar surface area (TPSA) is 44.4 Å². The Morgan fingerprint density at radius 1 is 1.15 bits per heavy atom. The van der Waals surface area contributed by atoms with Gasteiger partial charge in [0.1, 0.15) is 11.6 Å². The predicted molar refractivity (Wildman–Crippen MR) is 104 cm³/mol. The quantitative estimate of drug-likeness (QED) is 0.777. The van der Waals surface area contributed by atoms with Crippen molar-refractivity contribution in [2.75, 3.05) is 28.6 Å². The Morgan fingerprint density at radius 3 is 2.67 bits per heavy atom. The van der Waals surface area contributed by atoms with E-state index >= 15 is 0 Å². The summed E-state index contributed by atoms with van der Waals surface area (Å²) in [6.45, 7) is 3.94. The number of carbonyl (C=O) groups excluding carboxylic acids is 1. The fourth-order valence-corrected chi connectivity index (χ4v) is 3.56. The van der Waals surface area contributed by atoms with E-state index in [0.29, 0.717) is 34.1 Å². The van der Waals surface area contributed by atoms with Crippen molar-refractivity contribution in [2.45, 2.75) is 19.8 Å². The molecule has 2 aromatic carbocycles. The highest BCUT2D eigenvalue weighted by Gasteiger charge is 2.24. The summed E-state index contributed by atoms with van der Waals surface area (Å²) in [6, 6.07) is 9.09. The van der Waals surface area contributed by atoms with Gasteiger partial charge in [0.15, 0.2) is 0 Å². The SMILES string of the molecule is CC1CCN(c2ccc(NC=C3C(=O)Nc4ccc(F)cc43)cc2F)CC1. The molecule has 2 N–H and O–H groups in total. The molecule has 0 saturated carbocycles. The van der Waals surface area contributed by atoms with Gasteiger partial charge in [0.25, 0.3) is 5.91 Å². The number of amides is 1. The van der Waals surface area contributed by atoms with Crippen LogP contribution in [0.4, 0.5) is 25.8 Å². The number of anilines is 3. The van der Waals surface area contributed by atoms with Crippen molar-refractivity contribution < 1.29 is 13.6 Å². The first-order chi connectivity index (χ1) is 13.0. The summed E-state index contributed by atoms with van der Waals surface area (Å²) in [7, 11) is 0. The molecule has 0 bridgehead atoms. The Kier molecular flexibility index (Phi) is 4.56. The first-order valence-corrected chi connectivity index (χ1v) is 9.14. The molecule has 2 aliphatic rings. The molecule has 0 radical (unpaired) electrons. The van der Waals surface area contributed by atoms with Crippen LogP contribution in [-0.4, -0.2) is 19.0 Å². The highest BCUT2D eigenvalue weighted by atomic mass is 19.1. The van der Waals surface area contributed by atoms with Crippen molar-refractivity contribution in [1.29, 1.82) is 0 Å². The number of halogens is 2. The van der Waals surface area contributed by atoms with Crippen LogP contribution in [0.5, 0.6) is 0 Å². The number of hydrogen-bond acceptors (Lipinski definition) is 3. The fraction of sp³-hybridized carbons (Fsp3) is 0.286. The van der Waals surface area contributed by atoms with E-state index in [2.05, 4.69) is 22.5 Å². The van der Waals surface area contributed by atoms with Crippen LogP contribution in [0.1, 0.15) is 25.3 Å². The average Bonchev–Trinajstić information content (AvgIpc) is 2.95. The average molecular weight is 369 g/mol. The Hall–Kier alpha value is -2.89. The molecule has 2 heterocycles. The van der Waals surface area contributed by atoms with Crippen LogP contribution in [0.2, 0.25) is 0 Å². The zero-order valence-corrected chi connectivity index (χ0v) is 15.1. The van der Waals surface area contributed by atoms with Crippen LogP contribution in [0.15, 0.2) is 42.6 Å². The summed E-state index contributed by atoms with van der Waals surface area (Å²) >= 11 is 0. The second kappa shape index (κ2) is 7.02. The lowest BCUT2D eigenvalue weighted by Gasteiger charge is -2.32. The van der Waals surface area contributed by atoms with Crippen LogP contribution in [-0.2, 0) is 4.79 Å². The van der Waals surface area contributed by atoms with E-state index in [1.807, 2.05) is 0 Å². The molecule has 27 heavy (non-hydrogen) atoms. The largest absolute Gasteiger partial charge is 0.369 e. The summed E-state index contributed by atoms with van der Waals surface area (Å²) in [5.41, 5.74) is 2.51. The van der Waals surface area contributed by atoms with E-state index < -0.39 is 5.82 Å². The Morgan fingerprint density at radius 2 is 1.93 bits per heavy atom. The van der Waals surface area contributed by atoms with Crippen molar-refractivity contribution >= 4 is 28.5 Å². The number of hydrogen-bond donors (Lipinski definition) is 2. The van der Waals surface area contributed by atoms with Crippen LogP contribution >= 0.6 is 0 Å². The molecule has 0 aromatic heterocycles.